The zero-order valence-corrected chi connectivity index (χ0v) is 29.3. The summed E-state index contributed by atoms with van der Waals surface area (Å²) < 4.78 is 2.62. The lowest BCUT2D eigenvalue weighted by Gasteiger charge is -2.50. The molecule has 0 bridgehead atoms. The molecule has 7 aromatic rings. The molecule has 10 rings (SSSR count). The smallest absolute Gasteiger partial charge is 0.333 e. The predicted molar refractivity (Wildman–Crippen MR) is 207 cm³/mol. The Hall–Kier alpha value is -4.76. The van der Waals surface area contributed by atoms with Crippen molar-refractivity contribution in [1.82, 2.24) is 4.57 Å². The number of rotatable bonds is 0. The average molecular weight is 621 g/mol. The molecule has 0 radical (unpaired) electrons. The minimum atomic E-state index is -0.126. The molecule has 3 heteroatoms. The zero-order chi connectivity index (χ0) is 33.1. The number of hydrogen-bond donors (Lipinski definition) is 0. The summed E-state index contributed by atoms with van der Waals surface area (Å²) in [6, 6.07) is 40.1. The quantitative estimate of drug-likeness (QED) is 0.153. The maximum absolute atomic E-state index is 2.73. The lowest BCUT2D eigenvalue weighted by atomic mass is 9.42. The van der Waals surface area contributed by atoms with Crippen LogP contribution in [0.2, 0.25) is 0 Å². The lowest BCUT2D eigenvalue weighted by molar-refractivity contribution is 0.590. The Balaban J connectivity index is 1.46. The van der Waals surface area contributed by atoms with Crippen molar-refractivity contribution in [3.8, 4) is 16.8 Å². The summed E-state index contributed by atoms with van der Waals surface area (Å²) in [5, 5.41) is 5.35. The second-order valence-corrected chi connectivity index (χ2v) is 17.1. The third-order valence-corrected chi connectivity index (χ3v) is 11.8. The number of fused-ring (bicyclic) bond motifs is 11. The van der Waals surface area contributed by atoms with Crippen molar-refractivity contribution in [3.05, 3.63) is 125 Å². The molecule has 0 unspecified atom stereocenters. The highest BCUT2D eigenvalue weighted by atomic mass is 15.1. The molecule has 48 heavy (non-hydrogen) atoms. The minimum Gasteiger partial charge on any atom is -0.376 e. The Labute approximate surface area is 284 Å². The molecule has 3 aliphatic rings. The fourth-order valence-corrected chi connectivity index (χ4v) is 9.32. The molecule has 0 spiro atoms. The van der Waals surface area contributed by atoms with Crippen molar-refractivity contribution < 1.29 is 0 Å². The molecule has 234 valence electrons. The molecule has 2 nitrogen and oxygen atoms in total. The van der Waals surface area contributed by atoms with E-state index in [0.29, 0.717) is 0 Å². The van der Waals surface area contributed by atoms with Gasteiger partial charge in [-0.2, -0.15) is 0 Å². The van der Waals surface area contributed by atoms with Crippen LogP contribution in [0, 0.1) is 0 Å². The Morgan fingerprint density at radius 2 is 1.31 bits per heavy atom. The summed E-state index contributed by atoms with van der Waals surface area (Å²) in [6.07, 6.45) is 0. The highest BCUT2D eigenvalue weighted by molar-refractivity contribution is 6.94. The van der Waals surface area contributed by atoms with E-state index in [9.17, 15) is 0 Å². The predicted octanol–water partition coefficient (Wildman–Crippen LogP) is 10.4. The van der Waals surface area contributed by atoms with Gasteiger partial charge in [0.2, 0.25) is 0 Å². The average Bonchev–Trinajstić information content (AvgIpc) is 3.39. The van der Waals surface area contributed by atoms with Crippen LogP contribution in [0.1, 0.15) is 77.6 Å². The van der Waals surface area contributed by atoms with E-state index in [-0.39, 0.29) is 23.1 Å². The lowest BCUT2D eigenvalue weighted by Crippen LogP contribution is -2.62. The van der Waals surface area contributed by atoms with E-state index >= 15 is 0 Å². The Morgan fingerprint density at radius 3 is 2.10 bits per heavy atom. The Bertz CT molecular complexity index is 2570. The SMILES string of the molecule is CC(C)(C)c1ccc2c(c1)c1cc(C(C)(C)C)cc3c1n2-c1cc2ccccc2c2c1B3N1c3ccccc3C(C)(C)c3cccc-2c31. The van der Waals surface area contributed by atoms with Crippen molar-refractivity contribution in [2.75, 3.05) is 4.81 Å². The second kappa shape index (κ2) is 8.82. The molecule has 6 aromatic carbocycles. The summed E-state index contributed by atoms with van der Waals surface area (Å²) in [6.45, 7) is 18.9. The molecule has 0 atom stereocenters. The summed E-state index contributed by atoms with van der Waals surface area (Å²) in [4.78, 5) is 2.73. The molecule has 3 aliphatic heterocycles. The summed E-state index contributed by atoms with van der Waals surface area (Å²) in [7, 11) is 0. The van der Waals surface area contributed by atoms with Crippen LogP contribution in [0.25, 0.3) is 49.4 Å². The fraction of sp³-hybridized carbons (Fsp3) is 0.244. The van der Waals surface area contributed by atoms with Gasteiger partial charge in [-0.15, -0.1) is 0 Å². The van der Waals surface area contributed by atoms with Gasteiger partial charge in [0.05, 0.1) is 11.0 Å². The molecule has 0 fully saturated rings. The molecule has 0 amide bonds. The molecule has 0 N–H and O–H groups in total. The molecular formula is C45H41BN2. The normalized spacial score (nSPS) is 15.6. The van der Waals surface area contributed by atoms with E-state index in [1.165, 1.54) is 93.9 Å². The van der Waals surface area contributed by atoms with Crippen molar-refractivity contribution in [3.63, 3.8) is 0 Å². The molecule has 4 heterocycles. The first-order chi connectivity index (χ1) is 22.9. The number of benzene rings is 6. The summed E-state index contributed by atoms with van der Waals surface area (Å²) >= 11 is 0. The number of hydrogen-bond acceptors (Lipinski definition) is 1. The van der Waals surface area contributed by atoms with Gasteiger partial charge in [0.1, 0.15) is 0 Å². The van der Waals surface area contributed by atoms with Crippen LogP contribution < -0.4 is 15.7 Å². The summed E-state index contributed by atoms with van der Waals surface area (Å²) in [5.74, 6) is 0. The van der Waals surface area contributed by atoms with E-state index in [0.717, 1.165) is 0 Å². The van der Waals surface area contributed by atoms with Gasteiger partial charge in [-0.25, -0.2) is 0 Å². The number of para-hydroxylation sites is 2. The van der Waals surface area contributed by atoms with E-state index < -0.39 is 0 Å². The van der Waals surface area contributed by atoms with Crippen LogP contribution in [-0.2, 0) is 16.2 Å². The first-order valence-corrected chi connectivity index (χ1v) is 17.6. The zero-order valence-electron chi connectivity index (χ0n) is 29.3. The number of anilines is 2. The number of nitrogens with zero attached hydrogens (tertiary/aromatic N) is 2. The van der Waals surface area contributed by atoms with Gasteiger partial charge in [-0.1, -0.05) is 128 Å². The first kappa shape index (κ1) is 28.3. The van der Waals surface area contributed by atoms with Crippen LogP contribution >= 0.6 is 0 Å². The van der Waals surface area contributed by atoms with Gasteiger partial charge in [0.15, 0.2) is 0 Å². The van der Waals surface area contributed by atoms with Gasteiger partial charge in [-0.3, -0.25) is 0 Å². The molecule has 0 saturated carbocycles. The second-order valence-electron chi connectivity index (χ2n) is 17.1. The van der Waals surface area contributed by atoms with Gasteiger partial charge < -0.3 is 9.38 Å². The van der Waals surface area contributed by atoms with E-state index in [1.54, 1.807) is 0 Å². The van der Waals surface area contributed by atoms with Gasteiger partial charge >= 0.3 is 6.85 Å². The van der Waals surface area contributed by atoms with Crippen molar-refractivity contribution in [2.24, 2.45) is 0 Å². The largest absolute Gasteiger partial charge is 0.376 e. The van der Waals surface area contributed by atoms with Crippen LogP contribution in [0.15, 0.2) is 103 Å². The molecule has 0 aliphatic carbocycles. The van der Waals surface area contributed by atoms with Crippen molar-refractivity contribution in [1.29, 1.82) is 0 Å². The van der Waals surface area contributed by atoms with Crippen molar-refractivity contribution in [2.45, 2.75) is 71.6 Å². The molecule has 0 saturated heterocycles. The fourth-order valence-electron chi connectivity index (χ4n) is 9.32. The maximum atomic E-state index is 2.73. The van der Waals surface area contributed by atoms with Crippen LogP contribution in [0.4, 0.5) is 11.4 Å². The molecular weight excluding hydrogens is 579 g/mol. The van der Waals surface area contributed by atoms with Gasteiger partial charge in [-0.05, 0) is 90.7 Å². The highest BCUT2D eigenvalue weighted by Gasteiger charge is 2.49. The van der Waals surface area contributed by atoms with Crippen LogP contribution in [0.3, 0.4) is 0 Å². The maximum Gasteiger partial charge on any atom is 0.333 e. The third-order valence-electron chi connectivity index (χ3n) is 11.8. The topological polar surface area (TPSA) is 8.17 Å². The standard InChI is InChI=1S/C45H41BN2/c1-43(2,3)27-20-21-36-31(23-27)32-24-28(44(4,5)6)25-35-42(32)47(36)38-22-26-14-9-10-15-29(26)39-30-16-13-18-34-41(30)48(46(35)40(38)39)37-19-12-11-17-33(37)45(34,7)8/h9-25H,1-8H3. The van der Waals surface area contributed by atoms with E-state index in [1.807, 2.05) is 0 Å². The Kier molecular flexibility index (Phi) is 5.20. The first-order valence-electron chi connectivity index (χ1n) is 17.6. The van der Waals surface area contributed by atoms with Gasteiger partial charge in [0, 0.05) is 38.8 Å². The minimum absolute atomic E-state index is 0.00717. The van der Waals surface area contributed by atoms with Crippen LogP contribution in [-0.4, -0.2) is 11.4 Å². The van der Waals surface area contributed by atoms with E-state index in [4.69, 9.17) is 0 Å². The van der Waals surface area contributed by atoms with E-state index in [2.05, 4.69) is 168 Å². The van der Waals surface area contributed by atoms with Gasteiger partial charge in [0.25, 0.3) is 0 Å². The highest BCUT2D eigenvalue weighted by Crippen LogP contribution is 2.56. The monoisotopic (exact) mass is 620 g/mol. The summed E-state index contributed by atoms with van der Waals surface area (Å²) in [5.41, 5.74) is 17.7. The third kappa shape index (κ3) is 3.40. The Morgan fingerprint density at radius 1 is 0.604 bits per heavy atom. The van der Waals surface area contributed by atoms with Crippen LogP contribution in [0.5, 0.6) is 0 Å². The molecule has 1 aromatic heterocycles. The number of aromatic nitrogens is 1. The van der Waals surface area contributed by atoms with Crippen molar-refractivity contribution >= 4 is 61.7 Å².